The molecule has 8 nitrogen and oxygen atoms in total. The van der Waals surface area contributed by atoms with Gasteiger partial charge in [-0.1, -0.05) is 343 Å². The average Bonchev–Trinajstić information content (AvgIpc) is 3.57. The molecule has 0 saturated heterocycles. The van der Waals surface area contributed by atoms with Crippen molar-refractivity contribution in [1.29, 1.82) is 0 Å². The van der Waals surface area contributed by atoms with E-state index in [0.29, 0.717) is 50.3 Å². The minimum atomic E-state index is -0.561. The minimum Gasteiger partial charge on any atom is -0.354 e. The molecule has 0 saturated carbocycles. The topological polar surface area (TPSA) is 116 Å². The lowest BCUT2D eigenvalue weighted by molar-refractivity contribution is -0.129. The maximum Gasteiger partial charge on any atom is 0.242 e. The molecule has 506 valence electrons. The molecule has 0 radical (unpaired) electrons. The molecule has 0 bridgehead atoms. The molecule has 2 atom stereocenters. The summed E-state index contributed by atoms with van der Waals surface area (Å²) in [5, 5.41) is 12.6. The van der Waals surface area contributed by atoms with Crippen molar-refractivity contribution in [2.24, 2.45) is 0 Å². The standard InChI is InChI=1S/C76H146N4O4S2/c1-5-9-13-17-21-25-29-33-37-39-43-47-51-55-59-63-73(81)79-71(75(83)77-67-61-57-53-49-45-41-35-31-27-23-19-15-11-7-3)65-69-85-86-70-66-72(76(84)78-68-62-58-54-50-46-42-36-32-28-24-20-16-12-8-4)80-74(82)64-60-56-52-48-44-40-38-34-30-26-22-18-14-10-6-2/h33-34,37-38,71-72H,5-32,35-36,39-70H2,1-4H3,(H,77,83)(H,78,84)(H,79,81)(H,80,82). The van der Waals surface area contributed by atoms with Gasteiger partial charge in [0, 0.05) is 37.4 Å². The predicted octanol–water partition coefficient (Wildman–Crippen LogP) is 23.4. The Morgan fingerprint density at radius 3 is 0.733 bits per heavy atom. The SMILES string of the molecule is CCCCCCCCC=CCCCCCCCC(=O)NC(CCSSCCC(NC(=O)CCCCCCCC=CCCCCCCCC)C(=O)NCCCCCCCCCCCCCCCC)C(=O)NCCCCCCCCCCCCCCCC. The molecular weight excluding hydrogens is 1100 g/mol. The number of unbranched alkanes of at least 4 members (excludes halogenated alkanes) is 48. The van der Waals surface area contributed by atoms with Gasteiger partial charge in [0.05, 0.1) is 0 Å². The molecule has 0 rings (SSSR count). The van der Waals surface area contributed by atoms with Crippen LogP contribution in [0, 0.1) is 0 Å². The van der Waals surface area contributed by atoms with E-state index in [-0.39, 0.29) is 23.6 Å². The molecule has 0 aliphatic heterocycles. The monoisotopic (exact) mass is 1240 g/mol. The average molecular weight is 1240 g/mol. The molecule has 0 aliphatic rings. The van der Waals surface area contributed by atoms with E-state index in [4.69, 9.17) is 0 Å². The van der Waals surface area contributed by atoms with E-state index < -0.39 is 12.1 Å². The van der Waals surface area contributed by atoms with E-state index >= 15 is 0 Å². The van der Waals surface area contributed by atoms with E-state index in [9.17, 15) is 19.2 Å². The Kier molecular flexibility index (Phi) is 70.5. The van der Waals surface area contributed by atoms with Crippen molar-refractivity contribution in [2.75, 3.05) is 24.6 Å². The highest BCUT2D eigenvalue weighted by Gasteiger charge is 2.22. The number of hydrogen-bond donors (Lipinski definition) is 4. The van der Waals surface area contributed by atoms with Crippen LogP contribution in [0.15, 0.2) is 24.3 Å². The highest BCUT2D eigenvalue weighted by atomic mass is 33.1. The molecule has 10 heteroatoms. The van der Waals surface area contributed by atoms with Crippen molar-refractivity contribution in [3.63, 3.8) is 0 Å². The molecule has 0 aromatic carbocycles. The zero-order valence-electron chi connectivity index (χ0n) is 57.8. The highest BCUT2D eigenvalue weighted by Crippen LogP contribution is 2.25. The summed E-state index contributed by atoms with van der Waals surface area (Å²) in [6, 6.07) is -1.12. The molecule has 4 amide bonds. The van der Waals surface area contributed by atoms with Crippen LogP contribution in [0.4, 0.5) is 0 Å². The number of hydrogen-bond acceptors (Lipinski definition) is 6. The van der Waals surface area contributed by atoms with Crippen molar-refractivity contribution in [2.45, 2.75) is 412 Å². The summed E-state index contributed by atoms with van der Waals surface area (Å²) < 4.78 is 0. The Balaban J connectivity index is 5.11. The first kappa shape index (κ1) is 84.1. The molecule has 0 aromatic rings. The smallest absolute Gasteiger partial charge is 0.242 e. The molecule has 0 aromatic heterocycles. The lowest BCUT2D eigenvalue weighted by Crippen LogP contribution is -2.47. The zero-order valence-corrected chi connectivity index (χ0v) is 59.4. The van der Waals surface area contributed by atoms with Gasteiger partial charge in [-0.15, -0.1) is 0 Å². The van der Waals surface area contributed by atoms with Gasteiger partial charge in [0.15, 0.2) is 0 Å². The largest absolute Gasteiger partial charge is 0.354 e. The Bertz CT molecular complexity index is 1390. The third-order valence-corrected chi connectivity index (χ3v) is 19.8. The molecule has 0 heterocycles. The van der Waals surface area contributed by atoms with E-state index in [1.807, 2.05) is 0 Å². The van der Waals surface area contributed by atoms with Gasteiger partial charge in [-0.2, -0.15) is 0 Å². The summed E-state index contributed by atoms with van der Waals surface area (Å²) in [6.45, 7) is 10.4. The maximum atomic E-state index is 13.7. The molecule has 4 N–H and O–H groups in total. The Labute approximate surface area is 543 Å². The van der Waals surface area contributed by atoms with Crippen LogP contribution in [0.3, 0.4) is 0 Å². The maximum absolute atomic E-state index is 13.7. The first-order valence-electron chi connectivity index (χ1n) is 38.1. The van der Waals surface area contributed by atoms with Crippen LogP contribution < -0.4 is 21.3 Å². The van der Waals surface area contributed by atoms with Crippen molar-refractivity contribution in [1.82, 2.24) is 21.3 Å². The first-order valence-corrected chi connectivity index (χ1v) is 40.6. The molecule has 0 spiro atoms. The quantitative estimate of drug-likeness (QED) is 0.0274. The Morgan fingerprint density at radius 2 is 0.488 bits per heavy atom. The van der Waals surface area contributed by atoms with Crippen LogP contribution in [0.5, 0.6) is 0 Å². The predicted molar refractivity (Wildman–Crippen MR) is 384 cm³/mol. The van der Waals surface area contributed by atoms with Crippen molar-refractivity contribution < 1.29 is 19.2 Å². The summed E-state index contributed by atoms with van der Waals surface area (Å²) in [7, 11) is 3.38. The number of carbonyl (C=O) groups excluding carboxylic acids is 4. The summed E-state index contributed by atoms with van der Waals surface area (Å²) in [5.41, 5.74) is 0. The van der Waals surface area contributed by atoms with E-state index in [0.717, 1.165) is 77.0 Å². The molecule has 2 unspecified atom stereocenters. The second-order valence-corrected chi connectivity index (χ2v) is 28.6. The fourth-order valence-corrected chi connectivity index (χ4v) is 13.7. The lowest BCUT2D eigenvalue weighted by atomic mass is 10.0. The van der Waals surface area contributed by atoms with Gasteiger partial charge < -0.3 is 21.3 Å². The number of carbonyl (C=O) groups is 4. The van der Waals surface area contributed by atoms with Crippen molar-refractivity contribution >= 4 is 45.2 Å². The fourth-order valence-electron chi connectivity index (χ4n) is 11.5. The van der Waals surface area contributed by atoms with Gasteiger partial charge >= 0.3 is 0 Å². The van der Waals surface area contributed by atoms with Crippen LogP contribution in [-0.4, -0.2) is 60.3 Å². The van der Waals surface area contributed by atoms with Crippen LogP contribution >= 0.6 is 21.6 Å². The summed E-state index contributed by atoms with van der Waals surface area (Å²) in [6.07, 6.45) is 79.6. The van der Waals surface area contributed by atoms with E-state index in [2.05, 4.69) is 73.3 Å². The van der Waals surface area contributed by atoms with Gasteiger partial charge in [0.25, 0.3) is 0 Å². The summed E-state index contributed by atoms with van der Waals surface area (Å²) in [5.74, 6) is 1.19. The van der Waals surface area contributed by atoms with Crippen LogP contribution in [-0.2, 0) is 19.2 Å². The first-order chi connectivity index (χ1) is 42.4. The van der Waals surface area contributed by atoms with Gasteiger partial charge in [0.1, 0.15) is 12.1 Å². The summed E-state index contributed by atoms with van der Waals surface area (Å²) in [4.78, 5) is 53.9. The third kappa shape index (κ3) is 65.0. The van der Waals surface area contributed by atoms with E-state index in [1.165, 1.54) is 270 Å². The third-order valence-electron chi connectivity index (χ3n) is 17.4. The molecule has 0 aliphatic carbocycles. The summed E-state index contributed by atoms with van der Waals surface area (Å²) >= 11 is 0. The molecular formula is C76H146N4O4S2. The highest BCUT2D eigenvalue weighted by molar-refractivity contribution is 8.76. The molecule has 0 fully saturated rings. The minimum absolute atomic E-state index is 0.0302. The molecule has 86 heavy (non-hydrogen) atoms. The second-order valence-electron chi connectivity index (χ2n) is 25.9. The van der Waals surface area contributed by atoms with Gasteiger partial charge in [-0.05, 0) is 89.9 Å². The fraction of sp³-hybridized carbons (Fsp3) is 0.895. The van der Waals surface area contributed by atoms with Crippen LogP contribution in [0.1, 0.15) is 400 Å². The van der Waals surface area contributed by atoms with Gasteiger partial charge in [-0.3, -0.25) is 19.2 Å². The lowest BCUT2D eigenvalue weighted by Gasteiger charge is -2.19. The van der Waals surface area contributed by atoms with Gasteiger partial charge in [0.2, 0.25) is 23.6 Å². The van der Waals surface area contributed by atoms with E-state index in [1.54, 1.807) is 21.6 Å². The van der Waals surface area contributed by atoms with Crippen LogP contribution in [0.2, 0.25) is 0 Å². The Morgan fingerprint density at radius 1 is 0.279 bits per heavy atom. The number of amides is 4. The van der Waals surface area contributed by atoms with Crippen LogP contribution in [0.25, 0.3) is 0 Å². The van der Waals surface area contributed by atoms with Crippen molar-refractivity contribution in [3.05, 3.63) is 24.3 Å². The number of nitrogens with one attached hydrogen (secondary N) is 4. The Hall–Kier alpha value is -1.94. The number of allylic oxidation sites excluding steroid dienone is 4. The zero-order chi connectivity index (χ0) is 62.4. The normalized spacial score (nSPS) is 12.4. The second kappa shape index (κ2) is 72.1. The van der Waals surface area contributed by atoms with Gasteiger partial charge in [-0.25, -0.2) is 0 Å². The number of rotatable bonds is 71. The van der Waals surface area contributed by atoms with Crippen molar-refractivity contribution in [3.8, 4) is 0 Å².